The van der Waals surface area contributed by atoms with Crippen LogP contribution in [0.5, 0.6) is 0 Å². The molecule has 6 heteroatoms. The van der Waals surface area contributed by atoms with Crippen molar-refractivity contribution in [1.82, 2.24) is 20.4 Å². The molecule has 2 rings (SSSR count). The number of rotatable bonds is 2. The Morgan fingerprint density at radius 3 is 2.29 bits per heavy atom. The molecule has 2 fully saturated rings. The van der Waals surface area contributed by atoms with Crippen LogP contribution in [0.25, 0.3) is 0 Å². The lowest BCUT2D eigenvalue weighted by Gasteiger charge is -2.27. The van der Waals surface area contributed by atoms with Crippen molar-refractivity contribution in [2.24, 2.45) is 0 Å². The fourth-order valence-corrected chi connectivity index (χ4v) is 2.21. The second-order valence-electron chi connectivity index (χ2n) is 4.48. The first kappa shape index (κ1) is 12.2. The van der Waals surface area contributed by atoms with E-state index in [1.54, 1.807) is 9.80 Å². The molecule has 0 atom stereocenters. The summed E-state index contributed by atoms with van der Waals surface area (Å²) in [5, 5.41) is 5.89. The Morgan fingerprint density at radius 1 is 1.00 bits per heavy atom. The molecule has 0 unspecified atom stereocenters. The van der Waals surface area contributed by atoms with E-state index in [0.717, 1.165) is 52.1 Å². The lowest BCUT2D eigenvalue weighted by Crippen LogP contribution is -2.50. The molecule has 0 radical (unpaired) electrons. The molecule has 0 spiro atoms. The minimum Gasteiger partial charge on any atom is -0.339 e. The Kier molecular flexibility index (Phi) is 4.19. The van der Waals surface area contributed by atoms with Crippen molar-refractivity contribution in [3.63, 3.8) is 0 Å². The highest BCUT2D eigenvalue weighted by Gasteiger charge is 2.20. The van der Waals surface area contributed by atoms with Crippen LogP contribution in [-0.2, 0) is 4.79 Å². The van der Waals surface area contributed by atoms with Crippen LogP contribution in [0.1, 0.15) is 12.8 Å². The van der Waals surface area contributed by atoms with Gasteiger partial charge in [-0.25, -0.2) is 4.79 Å². The first-order valence-corrected chi connectivity index (χ1v) is 6.28. The molecule has 0 aromatic heterocycles. The largest absolute Gasteiger partial charge is 0.339 e. The highest BCUT2D eigenvalue weighted by atomic mass is 16.2. The van der Waals surface area contributed by atoms with Crippen LogP contribution in [0.2, 0.25) is 0 Å². The van der Waals surface area contributed by atoms with E-state index < -0.39 is 0 Å². The maximum Gasteiger partial charge on any atom is 0.317 e. The maximum absolute atomic E-state index is 11.8. The lowest BCUT2D eigenvalue weighted by atomic mass is 10.3. The summed E-state index contributed by atoms with van der Waals surface area (Å²) < 4.78 is 0. The fraction of sp³-hybridized carbons (Fsp3) is 0.818. The lowest BCUT2D eigenvalue weighted by molar-refractivity contribution is -0.130. The van der Waals surface area contributed by atoms with Crippen LogP contribution >= 0.6 is 0 Å². The van der Waals surface area contributed by atoms with Crippen molar-refractivity contribution in [2.75, 3.05) is 45.8 Å². The van der Waals surface area contributed by atoms with Crippen LogP contribution < -0.4 is 10.6 Å². The second kappa shape index (κ2) is 5.86. The van der Waals surface area contributed by atoms with E-state index in [0.29, 0.717) is 0 Å². The molecule has 3 amide bonds. The molecule has 0 aliphatic carbocycles. The number of hydrogen-bond acceptors (Lipinski definition) is 3. The van der Waals surface area contributed by atoms with Gasteiger partial charge in [0.05, 0.1) is 6.54 Å². The summed E-state index contributed by atoms with van der Waals surface area (Å²) >= 11 is 0. The van der Waals surface area contributed by atoms with Crippen LogP contribution in [0, 0.1) is 0 Å². The summed E-state index contributed by atoms with van der Waals surface area (Å²) in [7, 11) is 0. The Labute approximate surface area is 101 Å². The molecule has 0 saturated carbocycles. The fourth-order valence-electron chi connectivity index (χ4n) is 2.21. The van der Waals surface area contributed by atoms with Crippen LogP contribution in [0.3, 0.4) is 0 Å². The molecule has 0 bridgehead atoms. The maximum atomic E-state index is 11.8. The average molecular weight is 240 g/mol. The number of urea groups is 1. The third-order valence-corrected chi connectivity index (χ3v) is 3.25. The molecule has 2 aliphatic heterocycles. The zero-order valence-corrected chi connectivity index (χ0v) is 10.1. The number of likely N-dealkylation sites (tertiary alicyclic amines) is 1. The molecule has 2 heterocycles. The Balaban J connectivity index is 1.69. The van der Waals surface area contributed by atoms with E-state index in [9.17, 15) is 9.59 Å². The van der Waals surface area contributed by atoms with Gasteiger partial charge in [0.2, 0.25) is 5.91 Å². The van der Waals surface area contributed by atoms with Gasteiger partial charge in [-0.1, -0.05) is 0 Å². The summed E-state index contributed by atoms with van der Waals surface area (Å²) in [5.74, 6) is 0.0130. The summed E-state index contributed by atoms with van der Waals surface area (Å²) in [6.07, 6.45) is 2.14. The smallest absolute Gasteiger partial charge is 0.317 e. The highest BCUT2D eigenvalue weighted by Crippen LogP contribution is 2.06. The van der Waals surface area contributed by atoms with Gasteiger partial charge in [0.15, 0.2) is 0 Å². The number of amides is 3. The first-order chi connectivity index (χ1) is 8.27. The monoisotopic (exact) mass is 240 g/mol. The van der Waals surface area contributed by atoms with Crippen molar-refractivity contribution in [3.8, 4) is 0 Å². The molecular formula is C11H20N4O2. The second-order valence-corrected chi connectivity index (χ2v) is 4.48. The topological polar surface area (TPSA) is 64.7 Å². The van der Waals surface area contributed by atoms with E-state index >= 15 is 0 Å². The minimum atomic E-state index is -0.106. The first-order valence-electron chi connectivity index (χ1n) is 6.28. The van der Waals surface area contributed by atoms with Gasteiger partial charge in [-0.05, 0) is 12.8 Å². The van der Waals surface area contributed by atoms with Gasteiger partial charge in [-0.2, -0.15) is 0 Å². The van der Waals surface area contributed by atoms with E-state index in [1.165, 1.54) is 0 Å². The molecule has 0 aromatic rings. The number of nitrogens with zero attached hydrogens (tertiary/aromatic N) is 2. The zero-order valence-electron chi connectivity index (χ0n) is 10.1. The van der Waals surface area contributed by atoms with Crippen molar-refractivity contribution >= 4 is 11.9 Å². The average Bonchev–Trinajstić information content (AvgIpc) is 2.90. The van der Waals surface area contributed by atoms with Crippen molar-refractivity contribution in [3.05, 3.63) is 0 Å². The summed E-state index contributed by atoms with van der Waals surface area (Å²) in [6, 6.07) is -0.106. The molecular weight excluding hydrogens is 220 g/mol. The number of hydrogen-bond donors (Lipinski definition) is 2. The van der Waals surface area contributed by atoms with E-state index in [2.05, 4.69) is 10.6 Å². The molecule has 6 nitrogen and oxygen atoms in total. The number of piperazine rings is 1. The standard InChI is InChI=1S/C11H20N4O2/c16-10(14-7-3-12-4-8-14)9-13-11(17)15-5-1-2-6-15/h12H,1-9H2,(H,13,17). The van der Waals surface area contributed by atoms with E-state index in [1.807, 2.05) is 0 Å². The summed E-state index contributed by atoms with van der Waals surface area (Å²) in [4.78, 5) is 27.0. The van der Waals surface area contributed by atoms with Crippen LogP contribution in [-0.4, -0.2) is 67.6 Å². The Hall–Kier alpha value is -1.30. The van der Waals surface area contributed by atoms with Crippen molar-refractivity contribution in [2.45, 2.75) is 12.8 Å². The molecule has 17 heavy (non-hydrogen) atoms. The summed E-state index contributed by atoms with van der Waals surface area (Å²) in [5.41, 5.74) is 0. The van der Waals surface area contributed by atoms with Crippen molar-refractivity contribution in [1.29, 1.82) is 0 Å². The van der Waals surface area contributed by atoms with Gasteiger partial charge in [0.1, 0.15) is 0 Å². The van der Waals surface area contributed by atoms with Gasteiger partial charge < -0.3 is 20.4 Å². The quantitative estimate of drug-likeness (QED) is 0.666. The molecule has 96 valence electrons. The van der Waals surface area contributed by atoms with E-state index in [4.69, 9.17) is 0 Å². The Morgan fingerprint density at radius 2 is 1.65 bits per heavy atom. The summed E-state index contributed by atoms with van der Waals surface area (Å²) in [6.45, 7) is 4.89. The Bertz CT molecular complexity index is 283. The molecule has 2 N–H and O–H groups in total. The normalized spacial score (nSPS) is 20.5. The number of nitrogens with one attached hydrogen (secondary N) is 2. The number of carbonyl (C=O) groups excluding carboxylic acids is 2. The SMILES string of the molecule is O=C(CNC(=O)N1CCCC1)N1CCNCC1. The molecule has 2 aliphatic rings. The number of carbonyl (C=O) groups is 2. The van der Waals surface area contributed by atoms with Gasteiger partial charge in [-0.15, -0.1) is 0 Å². The third kappa shape index (κ3) is 3.33. The predicted octanol–water partition coefficient (Wildman–Crippen LogP) is -0.776. The zero-order chi connectivity index (χ0) is 12.1. The van der Waals surface area contributed by atoms with Gasteiger partial charge in [0, 0.05) is 39.3 Å². The third-order valence-electron chi connectivity index (χ3n) is 3.25. The molecule has 0 aromatic carbocycles. The highest BCUT2D eigenvalue weighted by molar-refractivity contribution is 5.84. The van der Waals surface area contributed by atoms with Gasteiger partial charge in [-0.3, -0.25) is 4.79 Å². The molecule has 2 saturated heterocycles. The van der Waals surface area contributed by atoms with E-state index in [-0.39, 0.29) is 18.5 Å². The van der Waals surface area contributed by atoms with Gasteiger partial charge >= 0.3 is 6.03 Å². The minimum absolute atomic E-state index is 0.0130. The van der Waals surface area contributed by atoms with Crippen molar-refractivity contribution < 1.29 is 9.59 Å². The van der Waals surface area contributed by atoms with Gasteiger partial charge in [0.25, 0.3) is 0 Å². The van der Waals surface area contributed by atoms with Crippen LogP contribution in [0.4, 0.5) is 4.79 Å². The predicted molar refractivity (Wildman–Crippen MR) is 63.7 cm³/mol. The van der Waals surface area contributed by atoms with Crippen LogP contribution in [0.15, 0.2) is 0 Å².